The van der Waals surface area contributed by atoms with E-state index in [0.29, 0.717) is 16.9 Å². The molecular weight excluding hydrogens is 512 g/mol. The Morgan fingerprint density at radius 2 is 1.89 bits per heavy atom. The van der Waals surface area contributed by atoms with E-state index in [4.69, 9.17) is 21.7 Å². The molecule has 10 heteroatoms. The van der Waals surface area contributed by atoms with E-state index in [1.165, 1.54) is 5.56 Å². The largest absolute Gasteiger partial charge is 1.00 e. The van der Waals surface area contributed by atoms with Crippen LogP contribution in [0.25, 0.3) is 6.08 Å². The van der Waals surface area contributed by atoms with E-state index in [1.54, 1.807) is 20.3 Å². The van der Waals surface area contributed by atoms with Gasteiger partial charge in [0.05, 0.1) is 31.6 Å². The molecule has 5 rings (SSSR count). The molecular formula is C25H23KN2O5S2. The molecule has 2 atom stereocenters. The number of ether oxygens (including phenoxy) is 2. The summed E-state index contributed by atoms with van der Waals surface area (Å²) in [6.45, 7) is -0.533. The van der Waals surface area contributed by atoms with E-state index in [2.05, 4.69) is 17.0 Å². The molecule has 2 unspecified atom stereocenters. The first-order valence-electron chi connectivity index (χ1n) is 11.0. The number of thioether (sulfide) groups is 1. The first-order valence-corrected chi connectivity index (χ1v) is 12.2. The van der Waals surface area contributed by atoms with Gasteiger partial charge in [-0.15, -0.1) is 0 Å². The Bertz CT molecular complexity index is 1210. The van der Waals surface area contributed by atoms with Crippen molar-refractivity contribution in [1.29, 1.82) is 0 Å². The third-order valence-corrected chi connectivity index (χ3v) is 7.97. The minimum Gasteiger partial charge on any atom is -0.548 e. The van der Waals surface area contributed by atoms with E-state index in [9.17, 15) is 14.7 Å². The first-order chi connectivity index (χ1) is 16.4. The Morgan fingerprint density at radius 1 is 1.17 bits per heavy atom. The molecule has 0 radical (unpaired) electrons. The number of carboxylic acids is 1. The van der Waals surface area contributed by atoms with E-state index in [1.807, 2.05) is 24.3 Å². The van der Waals surface area contributed by atoms with Gasteiger partial charge in [-0.1, -0.05) is 36.5 Å². The van der Waals surface area contributed by atoms with Crippen molar-refractivity contribution in [3.63, 3.8) is 0 Å². The van der Waals surface area contributed by atoms with Gasteiger partial charge in [0.1, 0.15) is 15.8 Å². The molecule has 0 N–H and O–H groups in total. The summed E-state index contributed by atoms with van der Waals surface area (Å²) in [5.74, 6) is 0.147. The quantitative estimate of drug-likeness (QED) is 0.300. The van der Waals surface area contributed by atoms with Crippen LogP contribution in [0.2, 0.25) is 0 Å². The molecule has 3 aliphatic rings. The van der Waals surface area contributed by atoms with Gasteiger partial charge in [-0.05, 0) is 42.2 Å². The second kappa shape index (κ2) is 10.9. The molecule has 2 heterocycles. The van der Waals surface area contributed by atoms with Gasteiger partial charge in [-0.3, -0.25) is 9.69 Å². The van der Waals surface area contributed by atoms with Gasteiger partial charge in [0, 0.05) is 41.5 Å². The van der Waals surface area contributed by atoms with Crippen molar-refractivity contribution in [2.24, 2.45) is 0 Å². The molecule has 35 heavy (non-hydrogen) atoms. The maximum atomic E-state index is 12.7. The average Bonchev–Trinajstić information content (AvgIpc) is 3.48. The number of hydrogen-bond donors (Lipinski definition) is 0. The van der Waals surface area contributed by atoms with Gasteiger partial charge < -0.3 is 24.3 Å². The van der Waals surface area contributed by atoms with Crippen LogP contribution in [0.1, 0.15) is 36.3 Å². The number of aliphatic carboxylic acids is 1. The minimum atomic E-state index is -1.34. The van der Waals surface area contributed by atoms with E-state index < -0.39 is 18.4 Å². The molecule has 2 fully saturated rings. The molecule has 0 aromatic heterocycles. The zero-order valence-corrected chi connectivity index (χ0v) is 24.5. The number of methoxy groups -OCH3 is 2. The van der Waals surface area contributed by atoms with Crippen LogP contribution in [0.4, 0.5) is 11.4 Å². The number of amides is 1. The molecule has 1 aliphatic carbocycles. The summed E-state index contributed by atoms with van der Waals surface area (Å²) in [5.41, 5.74) is 4.32. The molecule has 1 saturated carbocycles. The third-order valence-electron chi connectivity index (χ3n) is 6.59. The zero-order chi connectivity index (χ0) is 24.0. The van der Waals surface area contributed by atoms with Crippen LogP contribution in [-0.2, 0) is 9.59 Å². The normalized spacial score (nSPS) is 21.7. The molecule has 2 aliphatic heterocycles. The second-order valence-electron chi connectivity index (χ2n) is 8.50. The van der Waals surface area contributed by atoms with Gasteiger partial charge in [-0.2, -0.15) is 0 Å². The summed E-state index contributed by atoms with van der Waals surface area (Å²) in [6.07, 6.45) is 5.14. The number of benzene rings is 2. The van der Waals surface area contributed by atoms with Crippen molar-refractivity contribution in [3.8, 4) is 11.5 Å². The summed E-state index contributed by atoms with van der Waals surface area (Å²) in [7, 11) is 3.30. The molecule has 7 nitrogen and oxygen atoms in total. The summed E-state index contributed by atoms with van der Waals surface area (Å²) in [6, 6.07) is 12.5. The molecule has 176 valence electrons. The second-order valence-corrected chi connectivity index (χ2v) is 10.2. The molecule has 2 aromatic carbocycles. The Morgan fingerprint density at radius 3 is 2.54 bits per heavy atom. The summed E-state index contributed by atoms with van der Waals surface area (Å²) in [4.78, 5) is 27.5. The van der Waals surface area contributed by atoms with Crippen LogP contribution in [-0.4, -0.2) is 47.9 Å². The number of nitrogens with zero attached hydrogens (tertiary/aromatic N) is 2. The fraction of sp³-hybridized carbons (Fsp3) is 0.320. The molecule has 1 saturated heterocycles. The monoisotopic (exact) mass is 534 g/mol. The maximum absolute atomic E-state index is 12.7. The van der Waals surface area contributed by atoms with Gasteiger partial charge in [0.25, 0.3) is 5.91 Å². The van der Waals surface area contributed by atoms with Crippen LogP contribution in [0.5, 0.6) is 11.5 Å². The van der Waals surface area contributed by atoms with Gasteiger partial charge >= 0.3 is 51.4 Å². The average molecular weight is 535 g/mol. The summed E-state index contributed by atoms with van der Waals surface area (Å²) >= 11 is 6.31. The van der Waals surface area contributed by atoms with E-state index in [0.717, 1.165) is 64.4 Å². The standard InChI is InChI=1S/C25H24N2O5S2.K/c1-31-16-10-15(11-17(12-16)32-2)27-20-5-3-4-18(20)19-8-14(6-7-21(19)27)9-22-24(30)26(13-23(28)29)25(33)34-22;/h6-12,18,20H,3-5,13H2,1-2H3,(H,28,29);/q;+1/p-1/b22-9-;. The van der Waals surface area contributed by atoms with Crippen molar-refractivity contribution < 1.29 is 75.6 Å². The Kier molecular flexibility index (Phi) is 8.31. The number of carboxylic acid groups (broad SMARTS) is 1. The van der Waals surface area contributed by atoms with Crippen LogP contribution >= 0.6 is 24.0 Å². The number of thiocarbonyl (C=S) groups is 1. The Labute approximate surface area is 256 Å². The van der Waals surface area contributed by atoms with Gasteiger partial charge in [-0.25, -0.2) is 0 Å². The number of carbonyl (C=O) groups excluding carboxylic acids is 2. The predicted molar refractivity (Wildman–Crippen MR) is 133 cm³/mol. The van der Waals surface area contributed by atoms with Crippen LogP contribution in [0.3, 0.4) is 0 Å². The van der Waals surface area contributed by atoms with Gasteiger partial charge in [0.2, 0.25) is 0 Å². The molecule has 0 spiro atoms. The van der Waals surface area contributed by atoms with Crippen molar-refractivity contribution in [2.45, 2.75) is 31.2 Å². The third kappa shape index (κ3) is 5.07. The number of carbonyl (C=O) groups is 2. The Balaban J connectivity index is 0.00000289. The number of anilines is 2. The molecule has 2 aromatic rings. The smallest absolute Gasteiger partial charge is 0.548 e. The van der Waals surface area contributed by atoms with Crippen LogP contribution in [0.15, 0.2) is 41.3 Å². The fourth-order valence-corrected chi connectivity index (χ4v) is 6.40. The fourth-order valence-electron chi connectivity index (χ4n) is 5.15. The van der Waals surface area contributed by atoms with Crippen LogP contribution < -0.4 is 70.9 Å². The van der Waals surface area contributed by atoms with Crippen molar-refractivity contribution in [2.75, 3.05) is 25.7 Å². The minimum absolute atomic E-state index is 0. The maximum Gasteiger partial charge on any atom is 1.00 e. The molecule has 1 amide bonds. The summed E-state index contributed by atoms with van der Waals surface area (Å²) in [5, 5.41) is 11.0. The molecule has 0 bridgehead atoms. The number of rotatable bonds is 6. The Hall–Kier alpha value is -1.40. The van der Waals surface area contributed by atoms with Crippen molar-refractivity contribution >= 4 is 57.6 Å². The van der Waals surface area contributed by atoms with Crippen molar-refractivity contribution in [3.05, 3.63) is 52.4 Å². The van der Waals surface area contributed by atoms with Crippen molar-refractivity contribution in [1.82, 2.24) is 4.90 Å². The summed E-state index contributed by atoms with van der Waals surface area (Å²) < 4.78 is 11.2. The SMILES string of the molecule is COc1cc(OC)cc(N2c3ccc(/C=C4\SC(=S)N(CC(=O)[O-])C4=O)cc3C3CCCC32)c1.[K+]. The van der Waals surface area contributed by atoms with E-state index in [-0.39, 0.29) is 55.7 Å². The predicted octanol–water partition coefficient (Wildman–Crippen LogP) is 0.447. The first kappa shape index (κ1) is 26.7. The zero-order valence-electron chi connectivity index (χ0n) is 19.8. The number of fused-ring (bicyclic) bond motifs is 3. The topological polar surface area (TPSA) is 82.1 Å². The number of hydrogen-bond acceptors (Lipinski definition) is 8. The van der Waals surface area contributed by atoms with Crippen LogP contribution in [0, 0.1) is 0 Å². The van der Waals surface area contributed by atoms with Gasteiger partial charge in [0.15, 0.2) is 0 Å². The van der Waals surface area contributed by atoms with E-state index >= 15 is 0 Å².